The number of hydrogen-bond acceptors (Lipinski definition) is 2. The minimum atomic E-state index is -0.214. The highest BCUT2D eigenvalue weighted by Gasteiger charge is 2.18. The molecular formula is C14H23N2O2+. The number of carbonyl (C=O) groups is 2. The van der Waals surface area contributed by atoms with Crippen LogP contribution in [0.2, 0.25) is 0 Å². The molecule has 0 aliphatic carbocycles. The van der Waals surface area contributed by atoms with Gasteiger partial charge < -0.3 is 10.6 Å². The topological polar surface area (TPSA) is 58.2 Å². The Morgan fingerprint density at radius 3 is 2.06 bits per heavy atom. The summed E-state index contributed by atoms with van der Waals surface area (Å²) >= 11 is 0. The molecule has 0 aromatic heterocycles. The average Bonchev–Trinajstić information content (AvgIpc) is 2.37. The Morgan fingerprint density at radius 1 is 1.17 bits per heavy atom. The van der Waals surface area contributed by atoms with E-state index in [9.17, 15) is 9.59 Å². The largest absolute Gasteiger partial charge is 0.350 e. The Hall–Kier alpha value is -1.71. The van der Waals surface area contributed by atoms with Crippen LogP contribution in [0.4, 0.5) is 0 Å². The van der Waals surface area contributed by atoms with Crippen LogP contribution in [0.25, 0.3) is 0 Å². The van der Waals surface area contributed by atoms with E-state index >= 15 is 0 Å². The van der Waals surface area contributed by atoms with Crippen molar-refractivity contribution in [1.82, 2.24) is 10.6 Å². The van der Waals surface area contributed by atoms with Crippen LogP contribution < -0.4 is 10.6 Å². The van der Waals surface area contributed by atoms with Crippen molar-refractivity contribution in [3.63, 3.8) is 0 Å². The van der Waals surface area contributed by atoms with E-state index < -0.39 is 0 Å². The van der Waals surface area contributed by atoms with Crippen LogP contribution in [0, 0.1) is 6.92 Å². The van der Waals surface area contributed by atoms with Gasteiger partial charge in [0.25, 0.3) is 0 Å². The molecule has 0 aromatic carbocycles. The molecule has 0 rings (SSSR count). The van der Waals surface area contributed by atoms with E-state index in [0.717, 1.165) is 12.8 Å². The highest BCUT2D eigenvalue weighted by atomic mass is 16.2. The number of amides is 2. The minimum absolute atomic E-state index is 0.0253. The molecule has 0 aliphatic heterocycles. The molecule has 0 radical (unpaired) electrons. The lowest BCUT2D eigenvalue weighted by molar-refractivity contribution is -0.117. The Kier molecular flexibility index (Phi) is 8.45. The van der Waals surface area contributed by atoms with Crippen LogP contribution in [-0.4, -0.2) is 23.9 Å². The maximum Gasteiger partial charge on any atom is 0.243 e. The van der Waals surface area contributed by atoms with Crippen LogP contribution in [0.1, 0.15) is 32.6 Å². The van der Waals surface area contributed by atoms with Crippen LogP contribution >= 0.6 is 0 Å². The monoisotopic (exact) mass is 251 g/mol. The third-order valence-electron chi connectivity index (χ3n) is 2.62. The van der Waals surface area contributed by atoms with E-state index in [-0.39, 0.29) is 23.9 Å². The van der Waals surface area contributed by atoms with Gasteiger partial charge in [-0.05, 0) is 25.0 Å². The maximum absolute atomic E-state index is 11.3. The van der Waals surface area contributed by atoms with Crippen molar-refractivity contribution < 1.29 is 9.59 Å². The summed E-state index contributed by atoms with van der Waals surface area (Å²) in [6.07, 6.45) is 5.55. The van der Waals surface area contributed by atoms with Crippen molar-refractivity contribution in [1.29, 1.82) is 0 Å². The Balaban J connectivity index is 4.41. The molecule has 4 heteroatoms. The summed E-state index contributed by atoms with van der Waals surface area (Å²) in [7, 11) is 0. The van der Waals surface area contributed by atoms with Gasteiger partial charge in [0.2, 0.25) is 11.8 Å². The molecule has 0 saturated heterocycles. The van der Waals surface area contributed by atoms with E-state index in [1.807, 2.05) is 0 Å². The van der Waals surface area contributed by atoms with Gasteiger partial charge in [0.1, 0.15) is 6.42 Å². The molecular weight excluding hydrogens is 228 g/mol. The molecule has 2 amide bonds. The van der Waals surface area contributed by atoms with Gasteiger partial charge >= 0.3 is 0 Å². The predicted molar refractivity (Wildman–Crippen MR) is 73.8 cm³/mol. The third kappa shape index (κ3) is 6.78. The number of nitrogens with one attached hydrogen (secondary N) is 2. The van der Waals surface area contributed by atoms with Crippen LogP contribution in [0.5, 0.6) is 0 Å². The second kappa shape index (κ2) is 9.33. The molecule has 100 valence electrons. The number of rotatable bonds is 9. The van der Waals surface area contributed by atoms with E-state index in [0.29, 0.717) is 12.8 Å². The summed E-state index contributed by atoms with van der Waals surface area (Å²) < 4.78 is 0. The van der Waals surface area contributed by atoms with Crippen molar-refractivity contribution in [2.75, 3.05) is 0 Å². The molecule has 18 heavy (non-hydrogen) atoms. The lowest BCUT2D eigenvalue weighted by Gasteiger charge is -2.22. The fourth-order valence-corrected chi connectivity index (χ4v) is 1.71. The van der Waals surface area contributed by atoms with Crippen molar-refractivity contribution in [3.8, 4) is 0 Å². The molecule has 0 fully saturated rings. The number of carbonyl (C=O) groups excluding carboxylic acids is 2. The minimum Gasteiger partial charge on any atom is -0.350 e. The summed E-state index contributed by atoms with van der Waals surface area (Å²) in [6.45, 7) is 12.7. The highest BCUT2D eigenvalue weighted by Crippen LogP contribution is 2.08. The molecule has 2 atom stereocenters. The van der Waals surface area contributed by atoms with E-state index in [4.69, 9.17) is 0 Å². The molecule has 0 spiro atoms. The molecule has 4 nitrogen and oxygen atoms in total. The fourth-order valence-electron chi connectivity index (χ4n) is 1.71. The Morgan fingerprint density at radius 2 is 1.67 bits per heavy atom. The van der Waals surface area contributed by atoms with Gasteiger partial charge in [-0.2, -0.15) is 0 Å². The van der Waals surface area contributed by atoms with Crippen molar-refractivity contribution in [2.45, 2.75) is 44.7 Å². The zero-order chi connectivity index (χ0) is 14.0. The second-order valence-electron chi connectivity index (χ2n) is 4.13. The van der Waals surface area contributed by atoms with E-state index in [2.05, 4.69) is 37.6 Å². The molecule has 2 unspecified atom stereocenters. The zero-order valence-electron chi connectivity index (χ0n) is 11.1. The first-order chi connectivity index (χ1) is 8.57. The lowest BCUT2D eigenvalue weighted by atomic mass is 10.0. The van der Waals surface area contributed by atoms with Crippen molar-refractivity contribution in [3.05, 3.63) is 32.2 Å². The Bertz CT molecular complexity index is 300. The van der Waals surface area contributed by atoms with Gasteiger partial charge in [0.15, 0.2) is 0 Å². The van der Waals surface area contributed by atoms with E-state index in [1.54, 1.807) is 0 Å². The highest BCUT2D eigenvalue weighted by molar-refractivity contribution is 5.87. The first kappa shape index (κ1) is 16.3. The summed E-state index contributed by atoms with van der Waals surface area (Å²) in [5.41, 5.74) is 0. The molecule has 2 N–H and O–H groups in total. The van der Waals surface area contributed by atoms with Crippen molar-refractivity contribution in [2.24, 2.45) is 0 Å². The van der Waals surface area contributed by atoms with E-state index in [1.165, 1.54) is 12.2 Å². The number of hydrogen-bond donors (Lipinski definition) is 2. The summed E-state index contributed by atoms with van der Waals surface area (Å²) in [4.78, 5) is 22.5. The molecule has 0 aromatic rings. The molecule has 0 bridgehead atoms. The smallest absolute Gasteiger partial charge is 0.243 e. The summed E-state index contributed by atoms with van der Waals surface area (Å²) in [5.74, 6) is -0.403. The lowest BCUT2D eigenvalue weighted by Crippen LogP contribution is -2.42. The van der Waals surface area contributed by atoms with Crippen LogP contribution in [0.15, 0.2) is 25.3 Å². The van der Waals surface area contributed by atoms with Crippen molar-refractivity contribution >= 4 is 11.8 Å². The molecule has 0 aliphatic rings. The predicted octanol–water partition coefficient (Wildman–Crippen LogP) is 1.74. The molecule has 0 saturated carbocycles. The first-order valence-corrected chi connectivity index (χ1v) is 6.22. The fraction of sp³-hybridized carbons (Fsp3) is 0.500. The first-order valence-electron chi connectivity index (χ1n) is 6.22. The summed E-state index contributed by atoms with van der Waals surface area (Å²) in [5, 5.41) is 5.66. The molecule has 0 heterocycles. The average molecular weight is 251 g/mol. The standard InChI is InChI=1S/C14H22N2O2/c1-5-9-12(16-14(18)8-4)10-11(6-2)15-13(17)7-3/h7-8,11-12H,2-6,9-10H2,1H3,(H-,15,16,17,18)/p+1. The summed E-state index contributed by atoms with van der Waals surface area (Å²) in [6, 6.07) is -0.0328. The van der Waals surface area contributed by atoms with Gasteiger partial charge in [0, 0.05) is 6.04 Å². The van der Waals surface area contributed by atoms with Gasteiger partial charge in [-0.15, -0.1) is 0 Å². The van der Waals surface area contributed by atoms with Gasteiger partial charge in [-0.3, -0.25) is 9.59 Å². The van der Waals surface area contributed by atoms with Gasteiger partial charge in [-0.1, -0.05) is 26.5 Å². The van der Waals surface area contributed by atoms with Crippen LogP contribution in [-0.2, 0) is 9.59 Å². The maximum atomic E-state index is 11.3. The van der Waals surface area contributed by atoms with Gasteiger partial charge in [0.05, 0.1) is 13.0 Å². The quantitative estimate of drug-likeness (QED) is 0.484. The van der Waals surface area contributed by atoms with Crippen LogP contribution in [0.3, 0.4) is 0 Å². The zero-order valence-corrected chi connectivity index (χ0v) is 11.1. The Labute approximate surface area is 110 Å². The second-order valence-corrected chi connectivity index (χ2v) is 4.13. The third-order valence-corrected chi connectivity index (χ3v) is 2.62. The normalized spacial score (nSPS) is 13.2. The SMILES string of the molecule is C=CC(=O)NC(C[CH2+])CC(CCC)NC(=O)C=C. The van der Waals surface area contributed by atoms with Gasteiger partial charge in [-0.25, -0.2) is 0 Å².